The number of aromatic nitrogens is 1. The van der Waals surface area contributed by atoms with Gasteiger partial charge in [-0.1, -0.05) is 6.07 Å². The summed E-state index contributed by atoms with van der Waals surface area (Å²) >= 11 is 0. The molecule has 2 heteroatoms. The fourth-order valence-electron chi connectivity index (χ4n) is 1.29. The van der Waals surface area contributed by atoms with E-state index in [9.17, 15) is 0 Å². The summed E-state index contributed by atoms with van der Waals surface area (Å²) in [6.07, 6.45) is 3.36. The van der Waals surface area contributed by atoms with E-state index in [4.69, 9.17) is 5.41 Å². The van der Waals surface area contributed by atoms with Crippen LogP contribution in [0.2, 0.25) is 0 Å². The summed E-state index contributed by atoms with van der Waals surface area (Å²) in [4.78, 5) is 4.17. The Hall–Kier alpha value is -1.18. The third-order valence-corrected chi connectivity index (χ3v) is 1.77. The van der Waals surface area contributed by atoms with Crippen molar-refractivity contribution >= 4 is 5.71 Å². The number of hydrogen-bond acceptors (Lipinski definition) is 2. The highest BCUT2D eigenvalue weighted by Gasteiger charge is 2.14. The van der Waals surface area contributed by atoms with Crippen LogP contribution in [0.4, 0.5) is 0 Å². The molecule has 0 bridgehead atoms. The highest BCUT2D eigenvalue weighted by Crippen LogP contribution is 2.15. The molecule has 2 rings (SSSR count). The molecule has 0 amide bonds. The molecule has 0 unspecified atom stereocenters. The molecule has 1 aromatic heterocycles. The first kappa shape index (κ1) is 5.59. The maximum atomic E-state index is 7.39. The van der Waals surface area contributed by atoms with Crippen LogP contribution in [0.25, 0.3) is 0 Å². The number of nitrogens with zero attached hydrogens (tertiary/aromatic N) is 1. The Labute approximate surface area is 59.4 Å². The minimum Gasteiger partial charge on any atom is -0.309 e. The Morgan fingerprint density at radius 3 is 3.10 bits per heavy atom. The van der Waals surface area contributed by atoms with E-state index in [1.165, 1.54) is 5.56 Å². The van der Waals surface area contributed by atoms with E-state index >= 15 is 0 Å². The average Bonchev–Trinajstić information content (AvgIpc) is 2.27. The molecular weight excluding hydrogens is 124 g/mol. The third-order valence-electron chi connectivity index (χ3n) is 1.77. The molecule has 1 aliphatic rings. The van der Waals surface area contributed by atoms with Crippen molar-refractivity contribution in [1.82, 2.24) is 4.98 Å². The second-order valence-electron chi connectivity index (χ2n) is 2.57. The largest absolute Gasteiger partial charge is 0.309 e. The highest BCUT2D eigenvalue weighted by molar-refractivity contribution is 5.89. The maximum Gasteiger partial charge on any atom is 0.0495 e. The lowest BCUT2D eigenvalue weighted by atomic mass is 10.2. The fourth-order valence-corrected chi connectivity index (χ4v) is 1.29. The number of rotatable bonds is 0. The van der Waals surface area contributed by atoms with Crippen molar-refractivity contribution in [1.29, 1.82) is 5.41 Å². The van der Waals surface area contributed by atoms with Gasteiger partial charge in [-0.05, 0) is 11.6 Å². The zero-order valence-electron chi connectivity index (χ0n) is 5.59. The molecule has 0 aromatic carbocycles. The molecule has 0 radical (unpaired) electrons. The van der Waals surface area contributed by atoms with Gasteiger partial charge in [-0.3, -0.25) is 4.98 Å². The third kappa shape index (κ3) is 0.727. The van der Waals surface area contributed by atoms with E-state index < -0.39 is 0 Å². The maximum absolute atomic E-state index is 7.39. The van der Waals surface area contributed by atoms with Gasteiger partial charge in [0.15, 0.2) is 0 Å². The van der Waals surface area contributed by atoms with Crippen molar-refractivity contribution in [2.45, 2.75) is 12.8 Å². The molecule has 0 atom stereocenters. The van der Waals surface area contributed by atoms with Gasteiger partial charge in [-0.15, -0.1) is 0 Å². The van der Waals surface area contributed by atoms with Crippen LogP contribution < -0.4 is 0 Å². The van der Waals surface area contributed by atoms with Crippen LogP contribution in [0.1, 0.15) is 11.3 Å². The van der Waals surface area contributed by atoms with Gasteiger partial charge in [-0.2, -0.15) is 0 Å². The summed E-state index contributed by atoms with van der Waals surface area (Å²) in [5.74, 6) is 0. The Morgan fingerprint density at radius 1 is 1.40 bits per heavy atom. The van der Waals surface area contributed by atoms with Crippen molar-refractivity contribution in [3.05, 3.63) is 29.6 Å². The van der Waals surface area contributed by atoms with E-state index in [0.29, 0.717) is 0 Å². The normalized spacial score (nSPS) is 15.4. The predicted molar refractivity (Wildman–Crippen MR) is 39.4 cm³/mol. The van der Waals surface area contributed by atoms with Gasteiger partial charge in [0.1, 0.15) is 0 Å². The van der Waals surface area contributed by atoms with Crippen molar-refractivity contribution in [3.8, 4) is 0 Å². The zero-order valence-corrected chi connectivity index (χ0v) is 5.59. The van der Waals surface area contributed by atoms with E-state index in [-0.39, 0.29) is 0 Å². The van der Waals surface area contributed by atoms with E-state index in [2.05, 4.69) is 4.98 Å². The second kappa shape index (κ2) is 1.90. The predicted octanol–water partition coefficient (Wildman–Crippen LogP) is 1.20. The van der Waals surface area contributed by atoms with Crippen LogP contribution in [0, 0.1) is 5.41 Å². The molecule has 0 fully saturated rings. The molecule has 1 heterocycles. The monoisotopic (exact) mass is 132 g/mol. The minimum atomic E-state index is 0.760. The Morgan fingerprint density at radius 2 is 2.30 bits per heavy atom. The molecule has 50 valence electrons. The quantitative estimate of drug-likeness (QED) is 0.565. The first-order valence-electron chi connectivity index (χ1n) is 3.35. The van der Waals surface area contributed by atoms with E-state index in [1.807, 2.05) is 12.1 Å². The summed E-state index contributed by atoms with van der Waals surface area (Å²) < 4.78 is 0. The summed E-state index contributed by atoms with van der Waals surface area (Å²) in [6, 6.07) is 3.97. The first-order valence-corrected chi connectivity index (χ1v) is 3.35. The molecule has 0 saturated heterocycles. The molecular formula is C8H8N2. The van der Waals surface area contributed by atoms with Gasteiger partial charge >= 0.3 is 0 Å². The molecule has 0 saturated carbocycles. The Balaban J connectivity index is 2.51. The first-order chi connectivity index (χ1) is 4.86. The lowest BCUT2D eigenvalue weighted by molar-refractivity contribution is 1.15. The van der Waals surface area contributed by atoms with E-state index in [1.54, 1.807) is 6.20 Å². The van der Waals surface area contributed by atoms with Crippen molar-refractivity contribution in [3.63, 3.8) is 0 Å². The Kier molecular flexibility index (Phi) is 1.07. The van der Waals surface area contributed by atoms with Gasteiger partial charge in [-0.25, -0.2) is 0 Å². The van der Waals surface area contributed by atoms with Gasteiger partial charge in [0.2, 0.25) is 0 Å². The highest BCUT2D eigenvalue weighted by atomic mass is 14.7. The lowest BCUT2D eigenvalue weighted by Crippen LogP contribution is -1.91. The molecule has 1 aliphatic carbocycles. The zero-order chi connectivity index (χ0) is 6.97. The van der Waals surface area contributed by atoms with Crippen LogP contribution in [0.5, 0.6) is 0 Å². The standard InChI is InChI=1S/C8H8N2/c9-7-4-6-2-1-3-10-8(6)5-7/h1-3,9H,4-5H2. The number of pyridine rings is 1. The van der Waals surface area contributed by atoms with Gasteiger partial charge in [0.25, 0.3) is 0 Å². The van der Waals surface area contributed by atoms with Crippen molar-refractivity contribution in [2.24, 2.45) is 0 Å². The van der Waals surface area contributed by atoms with Gasteiger partial charge < -0.3 is 5.41 Å². The number of fused-ring (bicyclic) bond motifs is 1. The molecule has 0 aliphatic heterocycles. The van der Waals surface area contributed by atoms with Crippen molar-refractivity contribution < 1.29 is 0 Å². The molecule has 2 nitrogen and oxygen atoms in total. The molecule has 1 aromatic rings. The molecule has 10 heavy (non-hydrogen) atoms. The number of nitrogens with one attached hydrogen (secondary N) is 1. The molecule has 1 N–H and O–H groups in total. The SMILES string of the molecule is N=C1Cc2cccnc2C1. The van der Waals surface area contributed by atoms with Crippen LogP contribution in [-0.4, -0.2) is 10.7 Å². The van der Waals surface area contributed by atoms with Crippen LogP contribution in [-0.2, 0) is 12.8 Å². The average molecular weight is 132 g/mol. The van der Waals surface area contributed by atoms with Crippen LogP contribution in [0.3, 0.4) is 0 Å². The van der Waals surface area contributed by atoms with Crippen molar-refractivity contribution in [2.75, 3.05) is 0 Å². The Bertz CT molecular complexity index is 251. The lowest BCUT2D eigenvalue weighted by Gasteiger charge is -1.91. The van der Waals surface area contributed by atoms with Gasteiger partial charge in [0, 0.05) is 30.4 Å². The summed E-state index contributed by atoms with van der Waals surface area (Å²) in [7, 11) is 0. The van der Waals surface area contributed by atoms with E-state index in [0.717, 1.165) is 24.2 Å². The second-order valence-corrected chi connectivity index (χ2v) is 2.57. The number of hydrogen-bond donors (Lipinski definition) is 1. The fraction of sp³-hybridized carbons (Fsp3) is 0.250. The smallest absolute Gasteiger partial charge is 0.0495 e. The van der Waals surface area contributed by atoms with Crippen LogP contribution >= 0.6 is 0 Å². The topological polar surface area (TPSA) is 36.7 Å². The molecule has 0 spiro atoms. The van der Waals surface area contributed by atoms with Crippen LogP contribution in [0.15, 0.2) is 18.3 Å². The minimum absolute atomic E-state index is 0.760. The summed E-state index contributed by atoms with van der Waals surface area (Å²) in [5, 5.41) is 7.39. The summed E-state index contributed by atoms with van der Waals surface area (Å²) in [5.41, 5.74) is 3.11. The summed E-state index contributed by atoms with van der Waals surface area (Å²) in [6.45, 7) is 0. The van der Waals surface area contributed by atoms with Gasteiger partial charge in [0.05, 0.1) is 0 Å².